The molecule has 0 spiro atoms. The number of benzene rings is 2. The lowest BCUT2D eigenvalue weighted by molar-refractivity contribution is 0.0759. The molecule has 126 valence electrons. The molecule has 1 atom stereocenters. The number of halogens is 1. The zero-order chi connectivity index (χ0) is 17.1. The lowest BCUT2D eigenvalue weighted by atomic mass is 10.1. The number of hydrogen-bond acceptors (Lipinski definition) is 4. The summed E-state index contributed by atoms with van der Waals surface area (Å²) in [7, 11) is 3.19. The summed E-state index contributed by atoms with van der Waals surface area (Å²) >= 11 is 1.67. The smallest absolute Gasteiger partial charge is 0.255 e. The number of rotatable bonds is 4. The van der Waals surface area contributed by atoms with Gasteiger partial charge in [-0.05, 0) is 35.9 Å². The van der Waals surface area contributed by atoms with Crippen molar-refractivity contribution in [2.24, 2.45) is 0 Å². The maximum absolute atomic E-state index is 13.4. The van der Waals surface area contributed by atoms with Crippen LogP contribution >= 0.6 is 11.8 Å². The standard InChI is InChI=1S/C18H18FNO3S/c1-22-15-9-13(10-16(11-15)23-2)18-20(6-7-24-18)17(21)12-4-3-5-14(19)8-12/h3-5,8-11,18H,6-7H2,1-2H3. The quantitative estimate of drug-likeness (QED) is 0.845. The molecule has 24 heavy (non-hydrogen) atoms. The fourth-order valence-corrected chi connectivity index (χ4v) is 3.95. The summed E-state index contributed by atoms with van der Waals surface area (Å²) in [4.78, 5) is 14.5. The summed E-state index contributed by atoms with van der Waals surface area (Å²) in [6.45, 7) is 0.615. The largest absolute Gasteiger partial charge is 0.497 e. The van der Waals surface area contributed by atoms with Gasteiger partial charge in [-0.2, -0.15) is 0 Å². The minimum absolute atomic E-state index is 0.148. The third-order valence-electron chi connectivity index (χ3n) is 3.88. The number of nitrogens with zero attached hydrogens (tertiary/aromatic N) is 1. The maximum Gasteiger partial charge on any atom is 0.255 e. The highest BCUT2D eigenvalue weighted by Crippen LogP contribution is 2.41. The topological polar surface area (TPSA) is 38.8 Å². The molecule has 1 fully saturated rings. The molecule has 1 aliphatic rings. The van der Waals surface area contributed by atoms with E-state index in [1.54, 1.807) is 49.1 Å². The van der Waals surface area contributed by atoms with Gasteiger partial charge >= 0.3 is 0 Å². The molecule has 0 aliphatic carbocycles. The summed E-state index contributed by atoms with van der Waals surface area (Å²) in [6, 6.07) is 11.4. The van der Waals surface area contributed by atoms with Crippen LogP contribution in [0.4, 0.5) is 4.39 Å². The molecule has 1 aliphatic heterocycles. The molecular weight excluding hydrogens is 329 g/mol. The lowest BCUT2D eigenvalue weighted by Crippen LogP contribution is -2.30. The molecule has 3 rings (SSSR count). The van der Waals surface area contributed by atoms with Crippen molar-refractivity contribution in [3.63, 3.8) is 0 Å². The SMILES string of the molecule is COc1cc(OC)cc(C2SCCN2C(=O)c2cccc(F)c2)c1. The monoisotopic (exact) mass is 347 g/mol. The molecule has 2 aromatic carbocycles. The van der Waals surface area contributed by atoms with Crippen LogP contribution in [0.3, 0.4) is 0 Å². The number of carbonyl (C=O) groups excluding carboxylic acids is 1. The first-order valence-electron chi connectivity index (χ1n) is 7.53. The molecule has 6 heteroatoms. The van der Waals surface area contributed by atoms with Gasteiger partial charge in [-0.25, -0.2) is 4.39 Å². The molecule has 1 heterocycles. The Balaban J connectivity index is 1.92. The zero-order valence-electron chi connectivity index (χ0n) is 13.5. The molecule has 0 bridgehead atoms. The maximum atomic E-state index is 13.4. The Morgan fingerprint density at radius 2 is 1.88 bits per heavy atom. The van der Waals surface area contributed by atoms with Gasteiger partial charge in [0.2, 0.25) is 0 Å². The van der Waals surface area contributed by atoms with Crippen molar-refractivity contribution in [1.29, 1.82) is 0 Å². The highest BCUT2D eigenvalue weighted by molar-refractivity contribution is 7.99. The van der Waals surface area contributed by atoms with Crippen LogP contribution in [0.25, 0.3) is 0 Å². The summed E-state index contributed by atoms with van der Waals surface area (Å²) < 4.78 is 24.0. The van der Waals surface area contributed by atoms with Gasteiger partial charge in [0.1, 0.15) is 22.7 Å². The number of ether oxygens (including phenoxy) is 2. The average molecular weight is 347 g/mol. The number of methoxy groups -OCH3 is 2. The van der Waals surface area contributed by atoms with Gasteiger partial charge in [-0.3, -0.25) is 4.79 Å². The van der Waals surface area contributed by atoms with Crippen molar-refractivity contribution in [2.75, 3.05) is 26.5 Å². The Labute approximate surface area is 144 Å². The first-order chi connectivity index (χ1) is 11.6. The number of carbonyl (C=O) groups is 1. The Kier molecular flexibility index (Phi) is 4.94. The predicted octanol–water partition coefficient (Wildman–Crippen LogP) is 3.73. The third-order valence-corrected chi connectivity index (χ3v) is 5.14. The second-order valence-electron chi connectivity index (χ2n) is 5.38. The van der Waals surface area contributed by atoms with Crippen molar-refractivity contribution in [2.45, 2.75) is 5.37 Å². The predicted molar refractivity (Wildman–Crippen MR) is 92.2 cm³/mol. The van der Waals surface area contributed by atoms with Crippen LogP contribution in [0.5, 0.6) is 11.5 Å². The fraction of sp³-hybridized carbons (Fsp3) is 0.278. The van der Waals surface area contributed by atoms with Crippen LogP contribution in [-0.2, 0) is 0 Å². The van der Waals surface area contributed by atoms with Gasteiger partial charge in [0.15, 0.2) is 0 Å². The molecule has 0 aromatic heterocycles. The van der Waals surface area contributed by atoms with E-state index < -0.39 is 5.82 Å². The number of hydrogen-bond donors (Lipinski definition) is 0. The Hall–Kier alpha value is -2.21. The first-order valence-corrected chi connectivity index (χ1v) is 8.58. The summed E-state index contributed by atoms with van der Waals surface area (Å²) in [5.74, 6) is 1.59. The molecule has 2 aromatic rings. The Morgan fingerprint density at radius 1 is 1.17 bits per heavy atom. The van der Waals surface area contributed by atoms with Crippen molar-refractivity contribution < 1.29 is 18.7 Å². The van der Waals surface area contributed by atoms with E-state index in [1.807, 2.05) is 12.1 Å². The van der Waals surface area contributed by atoms with E-state index in [-0.39, 0.29) is 11.3 Å². The van der Waals surface area contributed by atoms with Crippen molar-refractivity contribution >= 4 is 17.7 Å². The molecule has 1 unspecified atom stereocenters. The molecule has 0 saturated carbocycles. The summed E-state index contributed by atoms with van der Waals surface area (Å²) in [5, 5.41) is -0.148. The van der Waals surface area contributed by atoms with Crippen LogP contribution in [-0.4, -0.2) is 37.3 Å². The van der Waals surface area contributed by atoms with Crippen LogP contribution in [0.15, 0.2) is 42.5 Å². The Bertz CT molecular complexity index is 731. The molecule has 1 saturated heterocycles. The highest BCUT2D eigenvalue weighted by atomic mass is 32.2. The first kappa shape index (κ1) is 16.6. The van der Waals surface area contributed by atoms with E-state index >= 15 is 0 Å². The second kappa shape index (κ2) is 7.13. The molecule has 0 N–H and O–H groups in total. The van der Waals surface area contributed by atoms with E-state index in [4.69, 9.17) is 9.47 Å². The average Bonchev–Trinajstić information content (AvgIpc) is 3.10. The second-order valence-corrected chi connectivity index (χ2v) is 6.57. The van der Waals surface area contributed by atoms with Crippen LogP contribution in [0, 0.1) is 5.82 Å². The number of amides is 1. The van der Waals surface area contributed by atoms with E-state index in [9.17, 15) is 9.18 Å². The van der Waals surface area contributed by atoms with Crippen LogP contribution < -0.4 is 9.47 Å². The summed E-state index contributed by atoms with van der Waals surface area (Å²) in [6.07, 6.45) is 0. The van der Waals surface area contributed by atoms with E-state index in [0.29, 0.717) is 23.6 Å². The molecule has 4 nitrogen and oxygen atoms in total. The fourth-order valence-electron chi connectivity index (χ4n) is 2.71. The zero-order valence-corrected chi connectivity index (χ0v) is 14.3. The molecule has 0 radical (unpaired) electrons. The third kappa shape index (κ3) is 3.33. The molecule has 1 amide bonds. The Morgan fingerprint density at radius 3 is 2.50 bits per heavy atom. The number of thioether (sulfide) groups is 1. The molecular formula is C18H18FNO3S. The lowest BCUT2D eigenvalue weighted by Gasteiger charge is -2.25. The van der Waals surface area contributed by atoms with Crippen molar-refractivity contribution in [3.8, 4) is 11.5 Å². The minimum atomic E-state index is -0.410. The van der Waals surface area contributed by atoms with Gasteiger partial charge in [0.05, 0.1) is 14.2 Å². The van der Waals surface area contributed by atoms with Crippen molar-refractivity contribution in [1.82, 2.24) is 4.90 Å². The van der Waals surface area contributed by atoms with Gasteiger partial charge in [-0.1, -0.05) is 6.07 Å². The van der Waals surface area contributed by atoms with Gasteiger partial charge in [0, 0.05) is 23.9 Å². The van der Waals surface area contributed by atoms with Crippen LogP contribution in [0.1, 0.15) is 21.3 Å². The van der Waals surface area contributed by atoms with Crippen LogP contribution in [0.2, 0.25) is 0 Å². The van der Waals surface area contributed by atoms with Crippen molar-refractivity contribution in [3.05, 3.63) is 59.4 Å². The van der Waals surface area contributed by atoms with E-state index in [1.165, 1.54) is 12.1 Å². The van der Waals surface area contributed by atoms with Gasteiger partial charge in [-0.15, -0.1) is 11.8 Å². The van der Waals surface area contributed by atoms with Gasteiger partial charge < -0.3 is 14.4 Å². The van der Waals surface area contributed by atoms with E-state index in [0.717, 1.165) is 11.3 Å². The minimum Gasteiger partial charge on any atom is -0.497 e. The summed E-state index contributed by atoms with van der Waals surface area (Å²) in [5.41, 5.74) is 1.29. The normalized spacial score (nSPS) is 17.0. The van der Waals surface area contributed by atoms with Gasteiger partial charge in [0.25, 0.3) is 5.91 Å². The highest BCUT2D eigenvalue weighted by Gasteiger charge is 2.32. The van der Waals surface area contributed by atoms with E-state index in [2.05, 4.69) is 0 Å².